The zero-order valence-corrected chi connectivity index (χ0v) is 8.82. The quantitative estimate of drug-likeness (QED) is 0.642. The van der Waals surface area contributed by atoms with Gasteiger partial charge in [-0.3, -0.25) is 4.79 Å². The van der Waals surface area contributed by atoms with Crippen molar-refractivity contribution in [3.05, 3.63) is 16.9 Å². The SMILES string of the molecule is Cc1cc(Cl)nc(NCC(N)C(=O)O)n1. The van der Waals surface area contributed by atoms with Crippen LogP contribution in [-0.2, 0) is 4.79 Å². The number of aliphatic carboxylic acids is 1. The maximum atomic E-state index is 10.4. The number of nitrogens with two attached hydrogens (primary N) is 1. The zero-order valence-electron chi connectivity index (χ0n) is 8.07. The van der Waals surface area contributed by atoms with Gasteiger partial charge in [-0.05, 0) is 13.0 Å². The molecule has 1 atom stereocenters. The van der Waals surface area contributed by atoms with Crippen LogP contribution in [0.25, 0.3) is 0 Å². The van der Waals surface area contributed by atoms with Crippen LogP contribution in [0.3, 0.4) is 0 Å². The van der Waals surface area contributed by atoms with Crippen LogP contribution in [0.1, 0.15) is 5.69 Å². The molecule has 0 fully saturated rings. The maximum absolute atomic E-state index is 10.4. The Morgan fingerprint density at radius 1 is 1.73 bits per heavy atom. The highest BCUT2D eigenvalue weighted by molar-refractivity contribution is 6.29. The van der Waals surface area contributed by atoms with E-state index in [1.165, 1.54) is 0 Å². The van der Waals surface area contributed by atoms with Gasteiger partial charge in [0, 0.05) is 12.2 Å². The summed E-state index contributed by atoms with van der Waals surface area (Å²) in [7, 11) is 0. The Bertz CT molecular complexity index is 351. The van der Waals surface area contributed by atoms with Gasteiger partial charge < -0.3 is 16.2 Å². The van der Waals surface area contributed by atoms with Crippen molar-refractivity contribution in [2.45, 2.75) is 13.0 Å². The highest BCUT2D eigenvalue weighted by Crippen LogP contribution is 2.09. The number of rotatable bonds is 4. The molecule has 0 aliphatic carbocycles. The summed E-state index contributed by atoms with van der Waals surface area (Å²) < 4.78 is 0. The molecule has 1 aromatic heterocycles. The average molecular weight is 231 g/mol. The maximum Gasteiger partial charge on any atom is 0.322 e. The Balaban J connectivity index is 2.61. The van der Waals surface area contributed by atoms with Crippen LogP contribution in [0.2, 0.25) is 5.15 Å². The average Bonchev–Trinajstić information content (AvgIpc) is 2.12. The first-order valence-corrected chi connectivity index (χ1v) is 4.60. The van der Waals surface area contributed by atoms with Gasteiger partial charge in [0.05, 0.1) is 0 Å². The molecule has 82 valence electrons. The van der Waals surface area contributed by atoms with Crippen LogP contribution in [0.15, 0.2) is 6.07 Å². The van der Waals surface area contributed by atoms with E-state index in [2.05, 4.69) is 15.3 Å². The molecule has 0 radical (unpaired) electrons. The van der Waals surface area contributed by atoms with Gasteiger partial charge in [0.2, 0.25) is 5.95 Å². The molecule has 0 aromatic carbocycles. The van der Waals surface area contributed by atoms with Crippen molar-refractivity contribution in [2.24, 2.45) is 5.73 Å². The molecule has 0 amide bonds. The first-order chi connectivity index (χ1) is 6.99. The molecular formula is C8H11ClN4O2. The van der Waals surface area contributed by atoms with Gasteiger partial charge in [0.1, 0.15) is 11.2 Å². The number of carbonyl (C=O) groups is 1. The lowest BCUT2D eigenvalue weighted by molar-refractivity contribution is -0.138. The number of aromatic nitrogens is 2. The number of hydrogen-bond acceptors (Lipinski definition) is 5. The predicted molar refractivity (Wildman–Crippen MR) is 55.9 cm³/mol. The Labute approximate surface area is 91.5 Å². The van der Waals surface area contributed by atoms with Crippen LogP contribution >= 0.6 is 11.6 Å². The van der Waals surface area contributed by atoms with E-state index in [0.29, 0.717) is 10.8 Å². The lowest BCUT2D eigenvalue weighted by Crippen LogP contribution is -2.37. The van der Waals surface area contributed by atoms with E-state index in [4.69, 9.17) is 22.4 Å². The first-order valence-electron chi connectivity index (χ1n) is 4.22. The van der Waals surface area contributed by atoms with E-state index in [-0.39, 0.29) is 12.5 Å². The minimum atomic E-state index is -1.08. The number of carboxylic acid groups (broad SMARTS) is 1. The van der Waals surface area contributed by atoms with Gasteiger partial charge in [-0.25, -0.2) is 9.97 Å². The van der Waals surface area contributed by atoms with E-state index in [1.54, 1.807) is 13.0 Å². The number of hydrogen-bond donors (Lipinski definition) is 3. The van der Waals surface area contributed by atoms with Crippen molar-refractivity contribution < 1.29 is 9.90 Å². The third kappa shape index (κ3) is 3.69. The van der Waals surface area contributed by atoms with Gasteiger partial charge in [-0.1, -0.05) is 11.6 Å². The molecule has 0 bridgehead atoms. The number of carboxylic acids is 1. The minimum absolute atomic E-state index is 0.0507. The van der Waals surface area contributed by atoms with Gasteiger partial charge >= 0.3 is 5.97 Å². The molecule has 1 aromatic rings. The van der Waals surface area contributed by atoms with Crippen molar-refractivity contribution in [3.8, 4) is 0 Å². The lowest BCUT2D eigenvalue weighted by atomic mass is 10.3. The normalized spacial score (nSPS) is 12.2. The van der Waals surface area contributed by atoms with E-state index >= 15 is 0 Å². The molecule has 1 rings (SSSR count). The number of aryl methyl sites for hydroxylation is 1. The molecule has 1 heterocycles. The molecule has 0 aliphatic heterocycles. The van der Waals surface area contributed by atoms with Crippen molar-refractivity contribution >= 4 is 23.5 Å². The van der Waals surface area contributed by atoms with Crippen LogP contribution in [0.5, 0.6) is 0 Å². The van der Waals surface area contributed by atoms with Crippen molar-refractivity contribution in [2.75, 3.05) is 11.9 Å². The van der Waals surface area contributed by atoms with Crippen LogP contribution < -0.4 is 11.1 Å². The summed E-state index contributed by atoms with van der Waals surface area (Å²) in [6, 6.07) is 0.608. The predicted octanol–water partition coefficient (Wildman–Crippen LogP) is 0.262. The Hall–Kier alpha value is -1.40. The third-order valence-electron chi connectivity index (χ3n) is 1.62. The van der Waals surface area contributed by atoms with E-state index in [9.17, 15) is 4.79 Å². The van der Waals surface area contributed by atoms with Gasteiger partial charge in [0.25, 0.3) is 0 Å². The zero-order chi connectivity index (χ0) is 11.4. The largest absolute Gasteiger partial charge is 0.480 e. The molecule has 0 saturated carbocycles. The Morgan fingerprint density at radius 2 is 2.40 bits per heavy atom. The Morgan fingerprint density at radius 3 is 2.93 bits per heavy atom. The summed E-state index contributed by atoms with van der Waals surface area (Å²) >= 11 is 5.69. The molecule has 15 heavy (non-hydrogen) atoms. The lowest BCUT2D eigenvalue weighted by Gasteiger charge is -2.08. The fraction of sp³-hybridized carbons (Fsp3) is 0.375. The summed E-state index contributed by atoms with van der Waals surface area (Å²) in [5.41, 5.74) is 5.99. The van der Waals surface area contributed by atoms with Gasteiger partial charge in [-0.2, -0.15) is 0 Å². The molecule has 7 heteroatoms. The summed E-state index contributed by atoms with van der Waals surface area (Å²) in [6.07, 6.45) is 0. The molecule has 4 N–H and O–H groups in total. The second kappa shape index (κ2) is 4.90. The van der Waals surface area contributed by atoms with Crippen LogP contribution in [-0.4, -0.2) is 33.6 Å². The highest BCUT2D eigenvalue weighted by atomic mass is 35.5. The summed E-state index contributed by atoms with van der Waals surface area (Å²) in [4.78, 5) is 18.3. The fourth-order valence-corrected chi connectivity index (χ4v) is 1.14. The molecule has 0 saturated heterocycles. The summed E-state index contributed by atoms with van der Waals surface area (Å²) in [5, 5.41) is 11.5. The number of nitrogens with one attached hydrogen (secondary N) is 1. The second-order valence-corrected chi connectivity index (χ2v) is 3.37. The smallest absolute Gasteiger partial charge is 0.322 e. The van der Waals surface area contributed by atoms with Crippen LogP contribution in [0, 0.1) is 6.92 Å². The first kappa shape index (κ1) is 11.7. The second-order valence-electron chi connectivity index (χ2n) is 2.98. The molecule has 1 unspecified atom stereocenters. The monoisotopic (exact) mass is 230 g/mol. The third-order valence-corrected chi connectivity index (χ3v) is 1.81. The molecule has 0 aliphatic rings. The number of anilines is 1. The van der Waals surface area contributed by atoms with Crippen molar-refractivity contribution in [1.29, 1.82) is 0 Å². The molecule has 6 nitrogen and oxygen atoms in total. The number of halogens is 1. The van der Waals surface area contributed by atoms with Gasteiger partial charge in [-0.15, -0.1) is 0 Å². The minimum Gasteiger partial charge on any atom is -0.480 e. The van der Waals surface area contributed by atoms with Crippen LogP contribution in [0.4, 0.5) is 5.95 Å². The van der Waals surface area contributed by atoms with E-state index in [1.807, 2.05) is 0 Å². The van der Waals surface area contributed by atoms with Gasteiger partial charge in [0.15, 0.2) is 0 Å². The molecular weight excluding hydrogens is 220 g/mol. The highest BCUT2D eigenvalue weighted by Gasteiger charge is 2.11. The summed E-state index contributed by atoms with van der Waals surface area (Å²) in [6.45, 7) is 1.81. The van der Waals surface area contributed by atoms with Crippen molar-refractivity contribution in [1.82, 2.24) is 9.97 Å². The Kier molecular flexibility index (Phi) is 3.81. The standard InChI is InChI=1S/C8H11ClN4O2/c1-4-2-6(9)13-8(12-4)11-3-5(10)7(14)15/h2,5H,3,10H2,1H3,(H,14,15)(H,11,12,13). The topological polar surface area (TPSA) is 101 Å². The van der Waals surface area contributed by atoms with Crippen molar-refractivity contribution in [3.63, 3.8) is 0 Å². The van der Waals surface area contributed by atoms with E-state index < -0.39 is 12.0 Å². The summed E-state index contributed by atoms with van der Waals surface area (Å²) in [5.74, 6) is -0.807. The van der Waals surface area contributed by atoms with E-state index in [0.717, 1.165) is 0 Å². The fourth-order valence-electron chi connectivity index (χ4n) is 0.898. The molecule has 0 spiro atoms. The number of nitrogens with zero attached hydrogens (tertiary/aromatic N) is 2.